The molecule has 2 fully saturated rings. The maximum atomic E-state index is 12.9. The summed E-state index contributed by atoms with van der Waals surface area (Å²) in [5.74, 6) is 3.33. The Hall–Kier alpha value is -9.20. The predicted molar refractivity (Wildman–Crippen MR) is 314 cm³/mol. The number of aryl methyl sites for hydroxylation is 3. The van der Waals surface area contributed by atoms with Crippen molar-refractivity contribution in [1.82, 2.24) is 39.9 Å². The average molecular weight is 1100 g/mol. The van der Waals surface area contributed by atoms with E-state index in [1.165, 1.54) is 29.8 Å². The Morgan fingerprint density at radius 1 is 0.568 bits per heavy atom. The topological polar surface area (TPSA) is 196 Å². The molecule has 0 atom stereocenters. The van der Waals surface area contributed by atoms with Crippen molar-refractivity contribution in [3.8, 4) is 73.0 Å². The van der Waals surface area contributed by atoms with E-state index in [1.807, 2.05) is 75.6 Å². The molecule has 0 bridgehead atoms. The van der Waals surface area contributed by atoms with E-state index >= 15 is 0 Å². The monoisotopic (exact) mass is 1100 g/mol. The van der Waals surface area contributed by atoms with E-state index in [1.54, 1.807) is 69.3 Å². The number of hydrogen-bond acceptors (Lipinski definition) is 17. The lowest BCUT2D eigenvalue weighted by molar-refractivity contribution is 0.122. The lowest BCUT2D eigenvalue weighted by atomic mass is 9.95. The fourth-order valence-corrected chi connectivity index (χ4v) is 8.69. The van der Waals surface area contributed by atoms with E-state index in [2.05, 4.69) is 80.9 Å². The highest BCUT2D eigenvalue weighted by atomic mass is 19.1. The smallest absolute Gasteiger partial charge is 0.225 e. The lowest BCUT2D eigenvalue weighted by Gasteiger charge is -2.26. The molecule has 19 heteroatoms. The van der Waals surface area contributed by atoms with Crippen molar-refractivity contribution in [2.75, 3.05) is 101 Å². The zero-order valence-corrected chi connectivity index (χ0v) is 46.6. The number of nitrogens with two attached hydrogens (primary N) is 1. The van der Waals surface area contributed by atoms with Gasteiger partial charge in [-0.25, -0.2) is 48.7 Å². The highest BCUT2D eigenvalue weighted by molar-refractivity contribution is 5.86. The van der Waals surface area contributed by atoms with Crippen molar-refractivity contribution in [3.05, 3.63) is 175 Å². The van der Waals surface area contributed by atoms with Crippen LogP contribution in [0.15, 0.2) is 146 Å². The molecule has 0 spiro atoms. The van der Waals surface area contributed by atoms with Gasteiger partial charge in [-0.2, -0.15) is 0 Å². The number of hydrogen-bond donors (Lipinski definition) is 2. The van der Waals surface area contributed by atoms with Crippen molar-refractivity contribution in [1.29, 1.82) is 0 Å². The standard InChI is InChI=1S/C21H23N3O3.C15H17N3O.C14H14FN3O.C12H12FN3/c1-5-13-10-16(17(25)11-18(13)27-4)20-19(12(2)23-21(22)24-20)14-6-8-15(26-3)9-7-14;1-12-2-4-13(5-3-12)14-10-16-15(17-11-14)18-6-8-19-9-7-18;15-13-3-1-11(2-4-13)12-9-16-14(17-10-12)18-5-7-19-8-6-18;1-16(2)12-14-7-10(8-15-12)9-3-5-11(13)6-4-9/h6-11,25H,5H2,1-4H3,(H2,22,23,24);2-5,10-11H,6-9H2,1H3;1-4,9-10H,5-8H2;3-8H,1-2H3. The molecule has 0 amide bonds. The molecule has 9 aromatic rings. The van der Waals surface area contributed by atoms with Gasteiger partial charge in [-0.3, -0.25) is 0 Å². The van der Waals surface area contributed by atoms with Gasteiger partial charge in [0.1, 0.15) is 28.9 Å². The number of aromatic hydroxyl groups is 1. The molecule has 5 aromatic carbocycles. The number of ether oxygens (including phenoxy) is 4. The predicted octanol–water partition coefficient (Wildman–Crippen LogP) is 10.7. The van der Waals surface area contributed by atoms with Crippen molar-refractivity contribution in [3.63, 3.8) is 0 Å². The molecule has 2 saturated heterocycles. The molecule has 17 nitrogen and oxygen atoms in total. The van der Waals surface area contributed by atoms with Gasteiger partial charge in [-0.15, -0.1) is 0 Å². The normalized spacial score (nSPS) is 12.9. The van der Waals surface area contributed by atoms with Crippen molar-refractivity contribution in [2.24, 2.45) is 0 Å². The van der Waals surface area contributed by atoms with Gasteiger partial charge in [0.25, 0.3) is 0 Å². The van der Waals surface area contributed by atoms with Gasteiger partial charge in [-0.1, -0.05) is 73.2 Å². The number of phenols is 1. The first-order valence-corrected chi connectivity index (χ1v) is 26.4. The van der Waals surface area contributed by atoms with Gasteiger partial charge in [0, 0.05) is 111 Å². The van der Waals surface area contributed by atoms with E-state index in [0.29, 0.717) is 42.1 Å². The summed E-state index contributed by atoms with van der Waals surface area (Å²) in [5, 5.41) is 10.6. The fraction of sp³-hybridized carbons (Fsp3) is 0.258. The minimum atomic E-state index is -0.241. The number of nitrogen functional groups attached to an aromatic ring is 1. The summed E-state index contributed by atoms with van der Waals surface area (Å²) >= 11 is 0. The number of benzene rings is 5. The van der Waals surface area contributed by atoms with Crippen LogP contribution in [-0.4, -0.2) is 126 Å². The third kappa shape index (κ3) is 15.6. The summed E-state index contributed by atoms with van der Waals surface area (Å²) in [7, 11) is 6.97. The molecule has 4 aromatic heterocycles. The second-order valence-electron chi connectivity index (χ2n) is 18.9. The van der Waals surface area contributed by atoms with Crippen LogP contribution in [0.1, 0.15) is 23.7 Å². The van der Waals surface area contributed by atoms with Crippen LogP contribution >= 0.6 is 0 Å². The molecule has 0 unspecified atom stereocenters. The van der Waals surface area contributed by atoms with Gasteiger partial charge in [0.05, 0.1) is 52.0 Å². The van der Waals surface area contributed by atoms with Crippen molar-refractivity contribution >= 4 is 23.8 Å². The number of aromatic nitrogens is 8. The molecule has 0 aliphatic carbocycles. The Labute approximate surface area is 471 Å². The van der Waals surface area contributed by atoms with E-state index in [-0.39, 0.29) is 23.3 Å². The Morgan fingerprint density at radius 3 is 1.42 bits per heavy atom. The number of anilines is 4. The highest BCUT2D eigenvalue weighted by Gasteiger charge is 2.20. The van der Waals surface area contributed by atoms with E-state index in [9.17, 15) is 13.9 Å². The molecule has 2 aliphatic rings. The maximum Gasteiger partial charge on any atom is 0.225 e. The highest BCUT2D eigenvalue weighted by Crippen LogP contribution is 2.41. The van der Waals surface area contributed by atoms with Crippen LogP contribution in [0.25, 0.3) is 55.8 Å². The number of rotatable bonds is 11. The number of halogens is 2. The van der Waals surface area contributed by atoms with Crippen molar-refractivity contribution in [2.45, 2.75) is 27.2 Å². The summed E-state index contributed by atoms with van der Waals surface area (Å²) < 4.78 is 46.8. The zero-order valence-electron chi connectivity index (χ0n) is 46.6. The fourth-order valence-electron chi connectivity index (χ4n) is 8.69. The van der Waals surface area contributed by atoms with Gasteiger partial charge < -0.3 is 44.5 Å². The Morgan fingerprint density at radius 2 is 1.00 bits per heavy atom. The molecule has 0 saturated carbocycles. The number of methoxy groups -OCH3 is 2. The second-order valence-corrected chi connectivity index (χ2v) is 18.9. The minimum Gasteiger partial charge on any atom is -0.507 e. The van der Waals surface area contributed by atoms with Crippen LogP contribution < -0.4 is 29.9 Å². The second kappa shape index (κ2) is 28.1. The molecule has 2 aliphatic heterocycles. The van der Waals surface area contributed by atoms with Crippen LogP contribution in [0, 0.1) is 25.5 Å². The summed E-state index contributed by atoms with van der Waals surface area (Å²) in [6, 6.07) is 32.1. The first-order chi connectivity index (χ1) is 39.3. The Balaban J connectivity index is 0.000000144. The summed E-state index contributed by atoms with van der Waals surface area (Å²) in [6.45, 7) is 12.3. The van der Waals surface area contributed by atoms with E-state index in [0.717, 1.165) is 113 Å². The van der Waals surface area contributed by atoms with E-state index in [4.69, 9.17) is 24.7 Å². The molecule has 0 radical (unpaired) electrons. The van der Waals surface area contributed by atoms with Crippen LogP contribution in [0.5, 0.6) is 17.2 Å². The summed E-state index contributed by atoms with van der Waals surface area (Å²) in [4.78, 5) is 40.9. The average Bonchev–Trinajstić information content (AvgIpc) is 3.56. The molecule has 11 rings (SSSR count). The van der Waals surface area contributed by atoms with Gasteiger partial charge in [-0.05, 0) is 90.6 Å². The number of nitrogens with zero attached hydrogens (tertiary/aromatic N) is 11. The van der Waals surface area contributed by atoms with Gasteiger partial charge in [0.2, 0.25) is 23.8 Å². The summed E-state index contributed by atoms with van der Waals surface area (Å²) in [5.41, 5.74) is 17.6. The number of phenolic OH excluding ortho intramolecular Hbond substituents is 1. The first kappa shape index (κ1) is 58.0. The quantitative estimate of drug-likeness (QED) is 0.124. The SMILES string of the molecule is CCc1cc(-c2nc(N)nc(C)c2-c2ccc(OC)cc2)c(O)cc1OC.CN(C)c1ncc(-c2ccc(F)cc2)cn1.Cc1ccc(-c2cnc(N3CCOCC3)nc2)cc1.Fc1ccc(-c2cnc(N3CCOCC3)nc2)cc1. The Bertz CT molecular complexity index is 3300. The third-order valence-corrected chi connectivity index (χ3v) is 13.2. The maximum absolute atomic E-state index is 12.9. The molecule has 6 heterocycles. The minimum absolute atomic E-state index is 0.0799. The summed E-state index contributed by atoms with van der Waals surface area (Å²) in [6.07, 6.45) is 11.5. The van der Waals surface area contributed by atoms with Gasteiger partial charge >= 0.3 is 0 Å². The van der Waals surface area contributed by atoms with Crippen LogP contribution in [0.2, 0.25) is 0 Å². The molecule has 418 valence electrons. The van der Waals surface area contributed by atoms with Crippen LogP contribution in [0.4, 0.5) is 32.6 Å². The van der Waals surface area contributed by atoms with Crippen LogP contribution in [0.3, 0.4) is 0 Å². The molecular formula is C62H66F2N12O5. The third-order valence-electron chi connectivity index (χ3n) is 13.2. The van der Waals surface area contributed by atoms with Crippen LogP contribution in [-0.2, 0) is 15.9 Å². The molecule has 81 heavy (non-hydrogen) atoms. The van der Waals surface area contributed by atoms with Gasteiger partial charge in [0.15, 0.2) is 0 Å². The largest absolute Gasteiger partial charge is 0.507 e. The Kier molecular flexibility index (Phi) is 20.1. The number of morpholine rings is 2. The van der Waals surface area contributed by atoms with Crippen molar-refractivity contribution < 1.29 is 32.8 Å². The zero-order chi connectivity index (χ0) is 57.3. The molecular weight excluding hydrogens is 1030 g/mol. The van der Waals surface area contributed by atoms with E-state index < -0.39 is 0 Å². The molecule has 3 N–H and O–H groups in total. The first-order valence-electron chi connectivity index (χ1n) is 26.4. The lowest BCUT2D eigenvalue weighted by Crippen LogP contribution is -2.37.